The third-order valence-corrected chi connectivity index (χ3v) is 2.86. The number of hydrogen-bond donors (Lipinski definition) is 1. The maximum atomic E-state index is 13.6. The molecule has 0 bridgehead atoms. The number of anilines is 1. The van der Waals surface area contributed by atoms with Gasteiger partial charge in [0.25, 0.3) is 0 Å². The summed E-state index contributed by atoms with van der Waals surface area (Å²) in [6.07, 6.45) is 0.950. The summed E-state index contributed by atoms with van der Waals surface area (Å²) in [7, 11) is 0. The van der Waals surface area contributed by atoms with Crippen molar-refractivity contribution in [3.05, 3.63) is 41.2 Å². The molecule has 0 fully saturated rings. The van der Waals surface area contributed by atoms with Gasteiger partial charge in [-0.3, -0.25) is 0 Å². The summed E-state index contributed by atoms with van der Waals surface area (Å²) < 4.78 is 32.0. The SMILES string of the molecule is CCCNc1nc(C)nc(Oc2ccc(F)cc2F)c1C. The first-order chi connectivity index (χ1) is 10.0. The normalized spacial score (nSPS) is 10.5. The molecule has 112 valence electrons. The first-order valence-electron chi connectivity index (χ1n) is 6.73. The van der Waals surface area contributed by atoms with Gasteiger partial charge in [-0.1, -0.05) is 6.92 Å². The van der Waals surface area contributed by atoms with Crippen molar-refractivity contribution in [2.24, 2.45) is 0 Å². The molecule has 6 heteroatoms. The molecule has 1 N–H and O–H groups in total. The first kappa shape index (κ1) is 15.2. The van der Waals surface area contributed by atoms with Gasteiger partial charge in [0, 0.05) is 12.6 Å². The molecule has 0 aliphatic heterocycles. The number of halogens is 2. The van der Waals surface area contributed by atoms with Crippen LogP contribution >= 0.6 is 0 Å². The fourth-order valence-corrected chi connectivity index (χ4v) is 1.78. The molecule has 21 heavy (non-hydrogen) atoms. The van der Waals surface area contributed by atoms with Crippen LogP contribution in [0, 0.1) is 25.5 Å². The molecule has 0 atom stereocenters. The van der Waals surface area contributed by atoms with Gasteiger partial charge in [-0.25, -0.2) is 13.8 Å². The highest BCUT2D eigenvalue weighted by Crippen LogP contribution is 2.29. The second-order valence-electron chi connectivity index (χ2n) is 4.65. The quantitative estimate of drug-likeness (QED) is 0.905. The average Bonchev–Trinajstić information content (AvgIpc) is 2.43. The largest absolute Gasteiger partial charge is 0.435 e. The lowest BCUT2D eigenvalue weighted by atomic mass is 10.3. The van der Waals surface area contributed by atoms with Crippen molar-refractivity contribution in [1.29, 1.82) is 0 Å². The number of aryl methyl sites for hydroxylation is 1. The third-order valence-electron chi connectivity index (χ3n) is 2.86. The van der Waals surface area contributed by atoms with Crippen LogP contribution in [0.1, 0.15) is 24.7 Å². The minimum absolute atomic E-state index is 0.0703. The summed E-state index contributed by atoms with van der Waals surface area (Å²) in [4.78, 5) is 8.46. The van der Waals surface area contributed by atoms with E-state index in [2.05, 4.69) is 15.3 Å². The summed E-state index contributed by atoms with van der Waals surface area (Å²) in [5, 5.41) is 3.17. The molecule has 0 saturated heterocycles. The van der Waals surface area contributed by atoms with Crippen molar-refractivity contribution in [3.63, 3.8) is 0 Å². The highest BCUT2D eigenvalue weighted by Gasteiger charge is 2.13. The van der Waals surface area contributed by atoms with E-state index in [1.54, 1.807) is 13.8 Å². The number of benzene rings is 1. The van der Waals surface area contributed by atoms with Crippen LogP contribution in [0.5, 0.6) is 11.6 Å². The molecule has 1 heterocycles. The van der Waals surface area contributed by atoms with Crippen LogP contribution in [0.4, 0.5) is 14.6 Å². The Morgan fingerprint density at radius 1 is 1.19 bits per heavy atom. The smallest absolute Gasteiger partial charge is 0.227 e. The minimum atomic E-state index is -0.770. The Kier molecular flexibility index (Phi) is 4.67. The molecule has 1 aromatic carbocycles. The number of nitrogens with one attached hydrogen (secondary N) is 1. The summed E-state index contributed by atoms with van der Waals surface area (Å²) >= 11 is 0. The Morgan fingerprint density at radius 2 is 1.95 bits per heavy atom. The Morgan fingerprint density at radius 3 is 2.62 bits per heavy atom. The molecule has 1 aromatic heterocycles. The Balaban J connectivity index is 2.32. The Labute approximate surface area is 122 Å². The molecule has 0 aliphatic rings. The standard InChI is InChI=1S/C15H17F2N3O/c1-4-7-18-14-9(2)15(20-10(3)19-14)21-13-6-5-11(16)8-12(13)17/h5-6,8H,4,7H2,1-3H3,(H,18,19,20). The minimum Gasteiger partial charge on any atom is -0.435 e. The number of rotatable bonds is 5. The van der Waals surface area contributed by atoms with Crippen LogP contribution in [0.25, 0.3) is 0 Å². The highest BCUT2D eigenvalue weighted by molar-refractivity contribution is 5.49. The molecule has 2 rings (SSSR count). The molecule has 0 saturated carbocycles. The molecule has 0 unspecified atom stereocenters. The summed E-state index contributed by atoms with van der Waals surface area (Å²) in [5.74, 6) is -0.0706. The van der Waals surface area contributed by atoms with E-state index in [9.17, 15) is 8.78 Å². The molecule has 0 radical (unpaired) electrons. The lowest BCUT2D eigenvalue weighted by Gasteiger charge is -2.13. The van der Waals surface area contributed by atoms with Crippen LogP contribution in [-0.4, -0.2) is 16.5 Å². The monoisotopic (exact) mass is 293 g/mol. The van der Waals surface area contributed by atoms with Gasteiger partial charge < -0.3 is 10.1 Å². The number of ether oxygens (including phenoxy) is 1. The van der Waals surface area contributed by atoms with Gasteiger partial charge in [0.1, 0.15) is 17.5 Å². The van der Waals surface area contributed by atoms with Gasteiger partial charge in [-0.05, 0) is 32.4 Å². The molecule has 2 aromatic rings. The first-order valence-corrected chi connectivity index (χ1v) is 6.73. The lowest BCUT2D eigenvalue weighted by molar-refractivity contribution is 0.419. The lowest BCUT2D eigenvalue weighted by Crippen LogP contribution is -2.07. The van der Waals surface area contributed by atoms with Crippen molar-refractivity contribution in [1.82, 2.24) is 9.97 Å². The van der Waals surface area contributed by atoms with Crippen LogP contribution < -0.4 is 10.1 Å². The van der Waals surface area contributed by atoms with E-state index < -0.39 is 11.6 Å². The van der Waals surface area contributed by atoms with Crippen molar-refractivity contribution < 1.29 is 13.5 Å². The second kappa shape index (κ2) is 6.47. The molecule has 0 amide bonds. The van der Waals surface area contributed by atoms with Gasteiger partial charge in [0.15, 0.2) is 11.6 Å². The highest BCUT2D eigenvalue weighted by atomic mass is 19.1. The fraction of sp³-hybridized carbons (Fsp3) is 0.333. The zero-order chi connectivity index (χ0) is 15.4. The van der Waals surface area contributed by atoms with E-state index in [1.807, 2.05) is 6.92 Å². The molecular formula is C15H17F2N3O. The van der Waals surface area contributed by atoms with Crippen LogP contribution in [0.2, 0.25) is 0 Å². The number of hydrogen-bond acceptors (Lipinski definition) is 4. The average molecular weight is 293 g/mol. The summed E-state index contributed by atoms with van der Waals surface area (Å²) in [5.41, 5.74) is 0.678. The second-order valence-corrected chi connectivity index (χ2v) is 4.65. The zero-order valence-electron chi connectivity index (χ0n) is 12.2. The van der Waals surface area contributed by atoms with Crippen LogP contribution in [-0.2, 0) is 0 Å². The fourth-order valence-electron chi connectivity index (χ4n) is 1.78. The maximum Gasteiger partial charge on any atom is 0.227 e. The van der Waals surface area contributed by atoms with E-state index in [0.717, 1.165) is 25.1 Å². The van der Waals surface area contributed by atoms with Gasteiger partial charge in [0.2, 0.25) is 5.88 Å². The van der Waals surface area contributed by atoms with E-state index in [1.165, 1.54) is 6.07 Å². The molecule has 0 spiro atoms. The third kappa shape index (κ3) is 3.65. The topological polar surface area (TPSA) is 47.0 Å². The number of nitrogens with zero attached hydrogens (tertiary/aromatic N) is 2. The predicted octanol–water partition coefficient (Wildman–Crippen LogP) is 3.99. The summed E-state index contributed by atoms with van der Waals surface area (Å²) in [6.45, 7) is 6.32. The van der Waals surface area contributed by atoms with Gasteiger partial charge >= 0.3 is 0 Å². The van der Waals surface area contributed by atoms with Crippen molar-refractivity contribution in [2.75, 3.05) is 11.9 Å². The van der Waals surface area contributed by atoms with Crippen LogP contribution in [0.15, 0.2) is 18.2 Å². The van der Waals surface area contributed by atoms with Gasteiger partial charge in [-0.2, -0.15) is 4.98 Å². The maximum absolute atomic E-state index is 13.6. The Hall–Kier alpha value is -2.24. The van der Waals surface area contributed by atoms with E-state index in [0.29, 0.717) is 17.2 Å². The zero-order valence-corrected chi connectivity index (χ0v) is 12.2. The number of aromatic nitrogens is 2. The van der Waals surface area contributed by atoms with Crippen LogP contribution in [0.3, 0.4) is 0 Å². The van der Waals surface area contributed by atoms with E-state index in [4.69, 9.17) is 4.74 Å². The van der Waals surface area contributed by atoms with Crippen molar-refractivity contribution >= 4 is 5.82 Å². The van der Waals surface area contributed by atoms with Crippen molar-refractivity contribution in [3.8, 4) is 11.6 Å². The molecular weight excluding hydrogens is 276 g/mol. The van der Waals surface area contributed by atoms with Gasteiger partial charge in [0.05, 0.1) is 5.56 Å². The van der Waals surface area contributed by atoms with Gasteiger partial charge in [-0.15, -0.1) is 0 Å². The van der Waals surface area contributed by atoms with E-state index >= 15 is 0 Å². The molecule has 4 nitrogen and oxygen atoms in total. The molecule has 0 aliphatic carbocycles. The summed E-state index contributed by atoms with van der Waals surface area (Å²) in [6, 6.07) is 3.15. The van der Waals surface area contributed by atoms with Crippen molar-refractivity contribution in [2.45, 2.75) is 27.2 Å². The Bertz CT molecular complexity index is 647. The van der Waals surface area contributed by atoms with E-state index in [-0.39, 0.29) is 11.6 Å². The predicted molar refractivity (Wildman–Crippen MR) is 76.7 cm³/mol.